The van der Waals surface area contributed by atoms with E-state index in [1.807, 2.05) is 23.5 Å². The molecule has 1 N–H and O–H groups in total. The topological polar surface area (TPSA) is 12.0 Å². The molecule has 1 nitrogen and oxygen atoms in total. The van der Waals surface area contributed by atoms with Crippen molar-refractivity contribution in [1.82, 2.24) is 0 Å². The number of anilines is 1. The molecule has 0 saturated heterocycles. The Bertz CT molecular complexity index is 289. The molecule has 0 aliphatic heterocycles. The molecule has 0 radical (unpaired) electrons. The molecule has 0 aliphatic carbocycles. The average molecular weight is 255 g/mol. The van der Waals surface area contributed by atoms with Crippen LogP contribution in [0, 0.1) is 0 Å². The van der Waals surface area contributed by atoms with Gasteiger partial charge in [-0.05, 0) is 41.9 Å². The molecule has 0 atom stereocenters. The Morgan fingerprint density at radius 1 is 1.19 bits per heavy atom. The molecule has 0 amide bonds. The molecule has 0 aromatic heterocycles. The van der Waals surface area contributed by atoms with Gasteiger partial charge in [0.15, 0.2) is 0 Å². The van der Waals surface area contributed by atoms with Gasteiger partial charge in [-0.3, -0.25) is 0 Å². The summed E-state index contributed by atoms with van der Waals surface area (Å²) < 4.78 is 0. The van der Waals surface area contributed by atoms with Crippen LogP contribution in [0.1, 0.15) is 20.3 Å². The maximum Gasteiger partial charge on any atom is 0.0351 e. The highest BCUT2D eigenvalue weighted by Gasteiger charge is 1.95. The van der Waals surface area contributed by atoms with Crippen LogP contribution in [-0.4, -0.2) is 23.8 Å². The SMILES string of the molecule is CCSCCCNc1cccc(SCC)c1. The number of hydrogen-bond donors (Lipinski definition) is 1. The van der Waals surface area contributed by atoms with Crippen LogP contribution in [-0.2, 0) is 0 Å². The van der Waals surface area contributed by atoms with Gasteiger partial charge in [-0.25, -0.2) is 0 Å². The van der Waals surface area contributed by atoms with E-state index in [9.17, 15) is 0 Å². The third-order valence-corrected chi connectivity index (χ3v) is 4.01. The highest BCUT2D eigenvalue weighted by molar-refractivity contribution is 7.99. The quantitative estimate of drug-likeness (QED) is 0.548. The van der Waals surface area contributed by atoms with Gasteiger partial charge in [0.2, 0.25) is 0 Å². The predicted molar refractivity (Wildman–Crippen MR) is 78.9 cm³/mol. The van der Waals surface area contributed by atoms with Crippen LogP contribution in [0.3, 0.4) is 0 Å². The summed E-state index contributed by atoms with van der Waals surface area (Å²) in [6, 6.07) is 8.68. The summed E-state index contributed by atoms with van der Waals surface area (Å²) in [5.41, 5.74) is 1.25. The Balaban J connectivity index is 2.27. The van der Waals surface area contributed by atoms with E-state index in [1.165, 1.54) is 28.5 Å². The molecule has 16 heavy (non-hydrogen) atoms. The Labute approximate surface area is 108 Å². The first kappa shape index (κ1) is 13.8. The van der Waals surface area contributed by atoms with E-state index in [-0.39, 0.29) is 0 Å². The van der Waals surface area contributed by atoms with Crippen molar-refractivity contribution in [2.24, 2.45) is 0 Å². The first-order chi connectivity index (χ1) is 7.86. The van der Waals surface area contributed by atoms with Crippen molar-refractivity contribution < 1.29 is 0 Å². The summed E-state index contributed by atoms with van der Waals surface area (Å²) in [7, 11) is 0. The lowest BCUT2D eigenvalue weighted by atomic mass is 10.3. The minimum Gasteiger partial charge on any atom is -0.385 e. The van der Waals surface area contributed by atoms with Crippen LogP contribution >= 0.6 is 23.5 Å². The zero-order valence-corrected chi connectivity index (χ0v) is 11.8. The largest absolute Gasteiger partial charge is 0.385 e. The van der Waals surface area contributed by atoms with E-state index in [0.29, 0.717) is 0 Å². The summed E-state index contributed by atoms with van der Waals surface area (Å²) in [6.45, 7) is 5.48. The van der Waals surface area contributed by atoms with E-state index in [4.69, 9.17) is 0 Å². The molecule has 0 bridgehead atoms. The second kappa shape index (κ2) is 8.82. The molecule has 0 unspecified atom stereocenters. The summed E-state index contributed by atoms with van der Waals surface area (Å²) >= 11 is 3.90. The van der Waals surface area contributed by atoms with E-state index < -0.39 is 0 Å². The van der Waals surface area contributed by atoms with Gasteiger partial charge < -0.3 is 5.32 Å². The lowest BCUT2D eigenvalue weighted by molar-refractivity contribution is 0.991. The van der Waals surface area contributed by atoms with Crippen LogP contribution in [0.15, 0.2) is 29.2 Å². The molecule has 0 aliphatic rings. The van der Waals surface area contributed by atoms with Gasteiger partial charge in [-0.15, -0.1) is 11.8 Å². The normalized spacial score (nSPS) is 10.4. The fraction of sp³-hybridized carbons (Fsp3) is 0.538. The lowest BCUT2D eigenvalue weighted by Gasteiger charge is -2.07. The first-order valence-electron chi connectivity index (χ1n) is 5.91. The van der Waals surface area contributed by atoms with Gasteiger partial charge in [0, 0.05) is 17.1 Å². The minimum absolute atomic E-state index is 1.08. The number of rotatable bonds is 8. The van der Waals surface area contributed by atoms with E-state index in [2.05, 4.69) is 43.4 Å². The van der Waals surface area contributed by atoms with Crippen LogP contribution in [0.4, 0.5) is 5.69 Å². The number of hydrogen-bond acceptors (Lipinski definition) is 3. The summed E-state index contributed by atoms with van der Waals surface area (Å²) in [4.78, 5) is 1.36. The Morgan fingerprint density at radius 3 is 2.81 bits per heavy atom. The molecule has 3 heteroatoms. The van der Waals surface area contributed by atoms with E-state index >= 15 is 0 Å². The molecular weight excluding hydrogens is 234 g/mol. The second-order valence-corrected chi connectivity index (χ2v) is 6.17. The fourth-order valence-electron chi connectivity index (χ4n) is 1.41. The average Bonchev–Trinajstić information content (AvgIpc) is 2.30. The minimum atomic E-state index is 1.08. The molecule has 1 aromatic rings. The van der Waals surface area contributed by atoms with Gasteiger partial charge in [0.05, 0.1) is 0 Å². The molecular formula is C13H21NS2. The molecule has 90 valence electrons. The smallest absolute Gasteiger partial charge is 0.0351 e. The zero-order valence-electron chi connectivity index (χ0n) is 10.2. The molecule has 0 heterocycles. The first-order valence-corrected chi connectivity index (χ1v) is 8.05. The van der Waals surface area contributed by atoms with Crippen molar-refractivity contribution in [1.29, 1.82) is 0 Å². The van der Waals surface area contributed by atoms with Crippen molar-refractivity contribution in [3.05, 3.63) is 24.3 Å². The van der Waals surface area contributed by atoms with Crippen molar-refractivity contribution in [2.45, 2.75) is 25.2 Å². The second-order valence-electron chi connectivity index (χ2n) is 3.44. The van der Waals surface area contributed by atoms with Crippen molar-refractivity contribution in [3.8, 4) is 0 Å². The Kier molecular flexibility index (Phi) is 7.60. The Morgan fingerprint density at radius 2 is 2.06 bits per heavy atom. The molecule has 0 spiro atoms. The van der Waals surface area contributed by atoms with E-state index in [0.717, 1.165) is 12.3 Å². The standard InChI is InChI=1S/C13H21NS2/c1-3-15-10-6-9-14-12-7-5-8-13(11-12)16-4-2/h5,7-8,11,14H,3-4,6,9-10H2,1-2H3. The van der Waals surface area contributed by atoms with Gasteiger partial charge in [0.1, 0.15) is 0 Å². The third-order valence-electron chi connectivity index (χ3n) is 2.14. The molecule has 0 fully saturated rings. The van der Waals surface area contributed by atoms with Crippen LogP contribution in [0.2, 0.25) is 0 Å². The summed E-state index contributed by atoms with van der Waals surface area (Å²) in [6.07, 6.45) is 1.24. The Hall–Kier alpha value is -0.280. The number of nitrogens with one attached hydrogen (secondary N) is 1. The van der Waals surface area contributed by atoms with Gasteiger partial charge in [0.25, 0.3) is 0 Å². The number of benzene rings is 1. The maximum absolute atomic E-state index is 3.48. The highest BCUT2D eigenvalue weighted by Crippen LogP contribution is 2.21. The third kappa shape index (κ3) is 5.71. The van der Waals surface area contributed by atoms with Crippen LogP contribution in [0.25, 0.3) is 0 Å². The van der Waals surface area contributed by atoms with Crippen molar-refractivity contribution >= 4 is 29.2 Å². The summed E-state index contributed by atoms with van der Waals surface area (Å²) in [5, 5.41) is 3.48. The highest BCUT2D eigenvalue weighted by atomic mass is 32.2. The zero-order chi connectivity index (χ0) is 11.6. The summed E-state index contributed by atoms with van der Waals surface area (Å²) in [5.74, 6) is 3.62. The monoisotopic (exact) mass is 255 g/mol. The van der Waals surface area contributed by atoms with Crippen molar-refractivity contribution in [2.75, 3.05) is 29.1 Å². The van der Waals surface area contributed by atoms with Gasteiger partial charge in [-0.2, -0.15) is 11.8 Å². The van der Waals surface area contributed by atoms with Gasteiger partial charge in [-0.1, -0.05) is 19.9 Å². The van der Waals surface area contributed by atoms with Crippen LogP contribution < -0.4 is 5.32 Å². The van der Waals surface area contributed by atoms with Crippen LogP contribution in [0.5, 0.6) is 0 Å². The van der Waals surface area contributed by atoms with Crippen molar-refractivity contribution in [3.63, 3.8) is 0 Å². The molecule has 0 saturated carbocycles. The predicted octanol–water partition coefficient (Wildman–Crippen LogP) is 4.35. The van der Waals surface area contributed by atoms with Gasteiger partial charge >= 0.3 is 0 Å². The molecule has 1 rings (SSSR count). The fourth-order valence-corrected chi connectivity index (χ4v) is 2.77. The lowest BCUT2D eigenvalue weighted by Crippen LogP contribution is -2.02. The van der Waals surface area contributed by atoms with E-state index in [1.54, 1.807) is 0 Å². The maximum atomic E-state index is 3.48. The number of thioether (sulfide) groups is 2. The molecule has 1 aromatic carbocycles.